The summed E-state index contributed by atoms with van der Waals surface area (Å²) in [4.78, 5) is 38.5. The van der Waals surface area contributed by atoms with Gasteiger partial charge in [-0.05, 0) is 37.1 Å². The number of hydrogen-bond donors (Lipinski definition) is 1. The van der Waals surface area contributed by atoms with Gasteiger partial charge in [0.25, 0.3) is 5.91 Å². The summed E-state index contributed by atoms with van der Waals surface area (Å²) in [5.74, 6) is -0.429. The summed E-state index contributed by atoms with van der Waals surface area (Å²) in [7, 11) is 0. The fraction of sp³-hybridized carbons (Fsp3) is 0.250. The number of hydrogen-bond acceptors (Lipinski definition) is 3. The first-order valence-corrected chi connectivity index (χ1v) is 8.24. The smallest absolute Gasteiger partial charge is 0.254 e. The molecule has 2 aromatic carbocycles. The summed E-state index contributed by atoms with van der Waals surface area (Å²) < 4.78 is 0. The number of aryl methyl sites for hydroxylation is 1. The minimum absolute atomic E-state index is 0.0471. The highest BCUT2D eigenvalue weighted by molar-refractivity contribution is 6.00. The van der Waals surface area contributed by atoms with Gasteiger partial charge in [0.2, 0.25) is 5.91 Å². The topological polar surface area (TPSA) is 66.5 Å². The van der Waals surface area contributed by atoms with Gasteiger partial charge >= 0.3 is 0 Å². The third-order valence-corrected chi connectivity index (χ3v) is 4.49. The number of ketones is 1. The van der Waals surface area contributed by atoms with Crippen molar-refractivity contribution >= 4 is 17.6 Å². The van der Waals surface area contributed by atoms with Crippen molar-refractivity contribution in [2.75, 3.05) is 13.1 Å². The predicted molar refractivity (Wildman–Crippen MR) is 94.4 cm³/mol. The highest BCUT2D eigenvalue weighted by Gasteiger charge is 2.35. The maximum atomic E-state index is 13.0. The Morgan fingerprint density at radius 2 is 1.68 bits per heavy atom. The first-order chi connectivity index (χ1) is 12.0. The van der Waals surface area contributed by atoms with Crippen LogP contribution in [-0.4, -0.2) is 35.6 Å². The Morgan fingerprint density at radius 3 is 2.32 bits per heavy atom. The number of carbonyl (C=O) groups is 3. The number of amides is 2. The number of rotatable bonds is 3. The summed E-state index contributed by atoms with van der Waals surface area (Å²) >= 11 is 0. The third kappa shape index (κ3) is 3.31. The van der Waals surface area contributed by atoms with E-state index in [1.54, 1.807) is 29.2 Å². The molecule has 1 N–H and O–H groups in total. The summed E-state index contributed by atoms with van der Waals surface area (Å²) in [5, 5.41) is 2.84. The Labute approximate surface area is 146 Å². The molecule has 2 aromatic rings. The lowest BCUT2D eigenvalue weighted by Gasteiger charge is -2.36. The highest BCUT2D eigenvalue weighted by atomic mass is 16.2. The molecule has 0 radical (unpaired) electrons. The van der Waals surface area contributed by atoms with E-state index >= 15 is 0 Å². The van der Waals surface area contributed by atoms with Gasteiger partial charge in [-0.2, -0.15) is 0 Å². The van der Waals surface area contributed by atoms with Crippen LogP contribution in [-0.2, 0) is 4.79 Å². The van der Waals surface area contributed by atoms with E-state index in [1.807, 2.05) is 31.2 Å². The summed E-state index contributed by atoms with van der Waals surface area (Å²) in [6.45, 7) is 4.29. The van der Waals surface area contributed by atoms with E-state index in [1.165, 1.54) is 6.92 Å². The van der Waals surface area contributed by atoms with Crippen LogP contribution in [0.25, 0.3) is 0 Å². The average molecular weight is 336 g/mol. The first-order valence-electron chi connectivity index (χ1n) is 8.24. The normalized spacial score (nSPS) is 17.1. The highest BCUT2D eigenvalue weighted by Crippen LogP contribution is 2.27. The lowest BCUT2D eigenvalue weighted by atomic mass is 9.97. The van der Waals surface area contributed by atoms with E-state index in [0.29, 0.717) is 24.2 Å². The maximum Gasteiger partial charge on any atom is 0.254 e. The van der Waals surface area contributed by atoms with E-state index in [9.17, 15) is 14.4 Å². The van der Waals surface area contributed by atoms with Gasteiger partial charge in [0.1, 0.15) is 6.04 Å². The van der Waals surface area contributed by atoms with Crippen LogP contribution in [0.1, 0.15) is 44.8 Å². The quantitative estimate of drug-likeness (QED) is 0.876. The fourth-order valence-electron chi connectivity index (χ4n) is 3.10. The van der Waals surface area contributed by atoms with Gasteiger partial charge in [-0.25, -0.2) is 0 Å². The van der Waals surface area contributed by atoms with Crippen molar-refractivity contribution in [2.45, 2.75) is 19.9 Å². The Hall–Kier alpha value is -2.95. The predicted octanol–water partition coefficient (Wildman–Crippen LogP) is 2.51. The average Bonchev–Trinajstić information content (AvgIpc) is 2.62. The van der Waals surface area contributed by atoms with Crippen molar-refractivity contribution in [1.82, 2.24) is 10.2 Å². The van der Waals surface area contributed by atoms with Gasteiger partial charge in [-0.1, -0.05) is 36.4 Å². The number of piperazine rings is 1. The van der Waals surface area contributed by atoms with Crippen LogP contribution in [0.5, 0.6) is 0 Å². The molecule has 0 unspecified atom stereocenters. The van der Waals surface area contributed by atoms with Crippen molar-refractivity contribution in [3.8, 4) is 0 Å². The largest absolute Gasteiger partial charge is 0.352 e. The third-order valence-electron chi connectivity index (χ3n) is 4.49. The van der Waals surface area contributed by atoms with Crippen molar-refractivity contribution in [3.63, 3.8) is 0 Å². The molecule has 1 saturated heterocycles. The van der Waals surface area contributed by atoms with Crippen LogP contribution in [0, 0.1) is 6.92 Å². The van der Waals surface area contributed by atoms with Gasteiger partial charge in [0, 0.05) is 24.2 Å². The maximum absolute atomic E-state index is 13.0. The van der Waals surface area contributed by atoms with E-state index in [-0.39, 0.29) is 17.6 Å². The molecule has 25 heavy (non-hydrogen) atoms. The van der Waals surface area contributed by atoms with Gasteiger partial charge in [-0.15, -0.1) is 0 Å². The number of nitrogens with one attached hydrogen (secondary N) is 1. The van der Waals surface area contributed by atoms with Crippen LogP contribution >= 0.6 is 0 Å². The van der Waals surface area contributed by atoms with Crippen LogP contribution in [0.3, 0.4) is 0 Å². The van der Waals surface area contributed by atoms with Crippen LogP contribution < -0.4 is 5.32 Å². The summed E-state index contributed by atoms with van der Waals surface area (Å²) in [6, 6.07) is 13.5. The molecule has 1 aliphatic heterocycles. The minimum Gasteiger partial charge on any atom is -0.352 e. The molecule has 1 fully saturated rings. The molecule has 5 nitrogen and oxygen atoms in total. The minimum atomic E-state index is -0.644. The first kappa shape index (κ1) is 16.9. The van der Waals surface area contributed by atoms with Crippen molar-refractivity contribution in [1.29, 1.82) is 0 Å². The monoisotopic (exact) mass is 336 g/mol. The second kappa shape index (κ2) is 6.89. The Kier molecular flexibility index (Phi) is 4.65. The molecular formula is C20H20N2O3. The second-order valence-corrected chi connectivity index (χ2v) is 6.18. The zero-order valence-electron chi connectivity index (χ0n) is 14.3. The molecule has 0 saturated carbocycles. The summed E-state index contributed by atoms with van der Waals surface area (Å²) in [6.07, 6.45) is 0. The number of nitrogens with zero attached hydrogens (tertiary/aromatic N) is 1. The second-order valence-electron chi connectivity index (χ2n) is 6.18. The molecule has 5 heteroatoms. The van der Waals surface area contributed by atoms with Crippen LogP contribution in [0.15, 0.2) is 48.5 Å². The van der Waals surface area contributed by atoms with E-state index in [2.05, 4.69) is 5.32 Å². The van der Waals surface area contributed by atoms with Crippen molar-refractivity contribution in [3.05, 3.63) is 70.8 Å². The Morgan fingerprint density at radius 1 is 1.04 bits per heavy atom. The molecular weight excluding hydrogens is 316 g/mol. The molecule has 0 spiro atoms. The van der Waals surface area contributed by atoms with Gasteiger partial charge in [-0.3, -0.25) is 14.4 Å². The van der Waals surface area contributed by atoms with Crippen molar-refractivity contribution in [2.24, 2.45) is 0 Å². The number of carbonyl (C=O) groups excluding carboxylic acids is 3. The van der Waals surface area contributed by atoms with E-state index in [4.69, 9.17) is 0 Å². The van der Waals surface area contributed by atoms with Gasteiger partial charge < -0.3 is 10.2 Å². The molecule has 1 atom stereocenters. The molecule has 1 aliphatic rings. The standard InChI is InChI=1S/C20H20N2O3/c1-13-5-3-4-6-17(13)18-19(24)21-11-12-22(18)20(25)16-9-7-15(8-10-16)14(2)23/h3-10,18H,11-12H2,1-2H3,(H,21,24)/t18-/m1/s1. The Balaban J connectivity index is 1.95. The summed E-state index contributed by atoms with van der Waals surface area (Å²) in [5.41, 5.74) is 2.82. The fourth-order valence-corrected chi connectivity index (χ4v) is 3.10. The molecule has 0 aromatic heterocycles. The molecule has 2 amide bonds. The lowest BCUT2D eigenvalue weighted by molar-refractivity contribution is -0.128. The van der Waals surface area contributed by atoms with E-state index in [0.717, 1.165) is 11.1 Å². The van der Waals surface area contributed by atoms with Crippen LogP contribution in [0.4, 0.5) is 0 Å². The molecule has 3 rings (SSSR count). The zero-order chi connectivity index (χ0) is 18.0. The molecule has 1 heterocycles. The molecule has 0 aliphatic carbocycles. The lowest BCUT2D eigenvalue weighted by Crippen LogP contribution is -2.52. The SMILES string of the molecule is CC(=O)c1ccc(C(=O)N2CCNC(=O)[C@H]2c2ccccc2C)cc1. The van der Waals surface area contributed by atoms with Crippen LogP contribution in [0.2, 0.25) is 0 Å². The molecule has 0 bridgehead atoms. The van der Waals surface area contributed by atoms with Gasteiger partial charge in [0.05, 0.1) is 0 Å². The zero-order valence-corrected chi connectivity index (χ0v) is 14.3. The number of benzene rings is 2. The van der Waals surface area contributed by atoms with Crippen molar-refractivity contribution < 1.29 is 14.4 Å². The van der Waals surface area contributed by atoms with E-state index < -0.39 is 6.04 Å². The molecule has 128 valence electrons. The van der Waals surface area contributed by atoms with Gasteiger partial charge in [0.15, 0.2) is 5.78 Å². The number of Topliss-reactive ketones (excluding diaryl/α,β-unsaturated/α-hetero) is 1. The Bertz CT molecular complexity index is 827.